The zero-order valence-electron chi connectivity index (χ0n) is 15.4. The number of hydrogen-bond donors (Lipinski definition) is 1. The van der Waals surface area contributed by atoms with Gasteiger partial charge in [-0.05, 0) is 74.1 Å². The molecule has 1 fully saturated rings. The van der Waals surface area contributed by atoms with Crippen LogP contribution in [0.4, 0.5) is 0 Å². The van der Waals surface area contributed by atoms with E-state index in [9.17, 15) is 4.79 Å². The minimum Gasteiger partial charge on any atom is -0.465 e. The lowest BCUT2D eigenvalue weighted by molar-refractivity contribution is 0.245. The summed E-state index contributed by atoms with van der Waals surface area (Å²) in [5.74, 6) is 2.44. The average Bonchev–Trinajstić information content (AvgIpc) is 3.23. The van der Waals surface area contributed by atoms with Gasteiger partial charge in [-0.15, -0.1) is 0 Å². The fourth-order valence-corrected chi connectivity index (χ4v) is 4.07. The van der Waals surface area contributed by atoms with Crippen LogP contribution in [0.2, 0.25) is 0 Å². The lowest BCUT2D eigenvalue weighted by Crippen LogP contribution is -2.31. The first kappa shape index (κ1) is 17.7. The Morgan fingerprint density at radius 3 is 2.81 bits per heavy atom. The van der Waals surface area contributed by atoms with Crippen LogP contribution >= 0.6 is 0 Å². The Balaban J connectivity index is 1.73. The number of furan rings is 1. The smallest absolute Gasteiger partial charge is 0.261 e. The fourth-order valence-electron chi connectivity index (χ4n) is 4.07. The zero-order valence-corrected chi connectivity index (χ0v) is 15.4. The second-order valence-corrected chi connectivity index (χ2v) is 7.39. The summed E-state index contributed by atoms with van der Waals surface area (Å²) >= 11 is 0. The molecular formula is C22H25N3O2. The SMILES string of the molecule is NCC1CCCC(Cn2c(/C=C/c3ccco3)nc3ccccc3c2=O)C1. The van der Waals surface area contributed by atoms with Gasteiger partial charge >= 0.3 is 0 Å². The van der Waals surface area contributed by atoms with Gasteiger partial charge in [0.05, 0.1) is 17.2 Å². The van der Waals surface area contributed by atoms with Crippen molar-refractivity contribution in [3.8, 4) is 0 Å². The van der Waals surface area contributed by atoms with Crippen LogP contribution in [0.15, 0.2) is 51.9 Å². The average molecular weight is 363 g/mol. The van der Waals surface area contributed by atoms with Crippen LogP contribution < -0.4 is 11.3 Å². The molecule has 0 amide bonds. The maximum Gasteiger partial charge on any atom is 0.261 e. The Morgan fingerprint density at radius 2 is 2.00 bits per heavy atom. The van der Waals surface area contributed by atoms with Crippen molar-refractivity contribution in [3.05, 3.63) is 64.6 Å². The second-order valence-electron chi connectivity index (χ2n) is 7.39. The minimum absolute atomic E-state index is 0.0227. The Hall–Kier alpha value is -2.66. The quantitative estimate of drug-likeness (QED) is 0.745. The van der Waals surface area contributed by atoms with E-state index in [1.807, 2.05) is 53.1 Å². The van der Waals surface area contributed by atoms with E-state index < -0.39 is 0 Å². The molecule has 0 saturated heterocycles. The van der Waals surface area contributed by atoms with Gasteiger partial charge in [0, 0.05) is 6.54 Å². The summed E-state index contributed by atoms with van der Waals surface area (Å²) < 4.78 is 7.20. The van der Waals surface area contributed by atoms with Crippen molar-refractivity contribution in [1.82, 2.24) is 9.55 Å². The van der Waals surface area contributed by atoms with E-state index in [0.29, 0.717) is 29.6 Å². The van der Waals surface area contributed by atoms with Gasteiger partial charge in [-0.3, -0.25) is 9.36 Å². The Morgan fingerprint density at radius 1 is 1.15 bits per heavy atom. The molecule has 5 nitrogen and oxygen atoms in total. The van der Waals surface area contributed by atoms with Crippen molar-refractivity contribution in [2.24, 2.45) is 17.6 Å². The van der Waals surface area contributed by atoms with Crippen molar-refractivity contribution in [3.63, 3.8) is 0 Å². The lowest BCUT2D eigenvalue weighted by Gasteiger charge is -2.29. The van der Waals surface area contributed by atoms with E-state index in [1.165, 1.54) is 12.8 Å². The maximum absolute atomic E-state index is 13.2. The second kappa shape index (κ2) is 7.92. The fraction of sp³-hybridized carbons (Fsp3) is 0.364. The third kappa shape index (κ3) is 3.88. The molecule has 2 aromatic heterocycles. The molecule has 0 bridgehead atoms. The number of hydrogen-bond acceptors (Lipinski definition) is 4. The highest BCUT2D eigenvalue weighted by Crippen LogP contribution is 2.29. The number of fused-ring (bicyclic) bond motifs is 1. The number of para-hydroxylation sites is 1. The molecular weight excluding hydrogens is 338 g/mol. The highest BCUT2D eigenvalue weighted by molar-refractivity contribution is 5.79. The monoisotopic (exact) mass is 363 g/mol. The summed E-state index contributed by atoms with van der Waals surface area (Å²) in [5, 5.41) is 0.666. The van der Waals surface area contributed by atoms with Crippen LogP contribution in [0.5, 0.6) is 0 Å². The van der Waals surface area contributed by atoms with Crippen LogP contribution in [0, 0.1) is 11.8 Å². The van der Waals surface area contributed by atoms with E-state index in [1.54, 1.807) is 6.26 Å². The molecule has 2 N–H and O–H groups in total. The van der Waals surface area contributed by atoms with Gasteiger partial charge in [-0.1, -0.05) is 18.6 Å². The van der Waals surface area contributed by atoms with Gasteiger partial charge < -0.3 is 10.2 Å². The number of rotatable bonds is 5. The van der Waals surface area contributed by atoms with Crippen molar-refractivity contribution in [2.75, 3.05) is 6.54 Å². The Bertz CT molecular complexity index is 988. The highest BCUT2D eigenvalue weighted by Gasteiger charge is 2.23. The molecule has 0 aliphatic heterocycles. The first-order valence-corrected chi connectivity index (χ1v) is 9.66. The number of benzene rings is 1. The van der Waals surface area contributed by atoms with Crippen LogP contribution in [0.3, 0.4) is 0 Å². The summed E-state index contributed by atoms with van der Waals surface area (Å²) in [6, 6.07) is 11.3. The van der Waals surface area contributed by atoms with E-state index in [4.69, 9.17) is 15.1 Å². The minimum atomic E-state index is 0.0227. The van der Waals surface area contributed by atoms with Gasteiger partial charge in [0.2, 0.25) is 0 Å². The molecule has 27 heavy (non-hydrogen) atoms. The molecule has 1 saturated carbocycles. The topological polar surface area (TPSA) is 74.1 Å². The van der Waals surface area contributed by atoms with Gasteiger partial charge in [0.25, 0.3) is 5.56 Å². The molecule has 2 unspecified atom stereocenters. The number of nitrogens with zero attached hydrogens (tertiary/aromatic N) is 2. The molecule has 3 aromatic rings. The summed E-state index contributed by atoms with van der Waals surface area (Å²) in [6.45, 7) is 1.41. The molecule has 1 aromatic carbocycles. The van der Waals surface area contributed by atoms with Gasteiger partial charge in [0.1, 0.15) is 11.6 Å². The van der Waals surface area contributed by atoms with Crippen LogP contribution in [0.25, 0.3) is 23.1 Å². The molecule has 140 valence electrons. The Labute approximate surface area is 158 Å². The third-order valence-electron chi connectivity index (χ3n) is 5.50. The summed E-state index contributed by atoms with van der Waals surface area (Å²) in [6.07, 6.45) is 9.96. The van der Waals surface area contributed by atoms with E-state index in [0.717, 1.165) is 30.7 Å². The molecule has 2 heterocycles. The van der Waals surface area contributed by atoms with Gasteiger partial charge in [0.15, 0.2) is 0 Å². The molecule has 0 spiro atoms. The normalized spacial score (nSPS) is 20.5. The van der Waals surface area contributed by atoms with Gasteiger partial charge in [-0.2, -0.15) is 0 Å². The standard InChI is InChI=1S/C22H25N3O2/c23-14-16-5-3-6-17(13-16)15-25-21(11-10-18-7-4-12-27-18)24-20-9-2-1-8-19(20)22(25)26/h1-2,4,7-12,16-17H,3,5-6,13-15,23H2/b11-10+. The third-order valence-corrected chi connectivity index (χ3v) is 5.50. The van der Waals surface area contributed by atoms with Crippen molar-refractivity contribution < 1.29 is 4.42 Å². The largest absolute Gasteiger partial charge is 0.465 e. The zero-order chi connectivity index (χ0) is 18.6. The van der Waals surface area contributed by atoms with Crippen LogP contribution in [0.1, 0.15) is 37.3 Å². The predicted molar refractivity (Wildman–Crippen MR) is 108 cm³/mol. The maximum atomic E-state index is 13.2. The Kier molecular flexibility index (Phi) is 5.21. The van der Waals surface area contributed by atoms with E-state index in [2.05, 4.69) is 0 Å². The van der Waals surface area contributed by atoms with Crippen LogP contribution in [-0.2, 0) is 6.54 Å². The lowest BCUT2D eigenvalue weighted by atomic mass is 9.81. The molecule has 1 aliphatic carbocycles. The molecule has 1 aliphatic rings. The molecule has 4 rings (SSSR count). The van der Waals surface area contributed by atoms with E-state index >= 15 is 0 Å². The summed E-state index contributed by atoms with van der Waals surface area (Å²) in [4.78, 5) is 17.9. The van der Waals surface area contributed by atoms with Gasteiger partial charge in [-0.25, -0.2) is 4.98 Å². The predicted octanol–water partition coefficient (Wildman–Crippen LogP) is 3.93. The highest BCUT2D eigenvalue weighted by atomic mass is 16.3. The molecule has 0 radical (unpaired) electrons. The first-order chi connectivity index (χ1) is 13.2. The van der Waals surface area contributed by atoms with Crippen LogP contribution in [-0.4, -0.2) is 16.1 Å². The first-order valence-electron chi connectivity index (χ1n) is 9.66. The summed E-state index contributed by atoms with van der Waals surface area (Å²) in [7, 11) is 0. The van der Waals surface area contributed by atoms with E-state index in [-0.39, 0.29) is 5.56 Å². The molecule has 2 atom stereocenters. The van der Waals surface area contributed by atoms with Crippen molar-refractivity contribution in [2.45, 2.75) is 32.2 Å². The number of aromatic nitrogens is 2. The molecule has 5 heteroatoms. The van der Waals surface area contributed by atoms with Crippen molar-refractivity contribution in [1.29, 1.82) is 0 Å². The number of nitrogens with two attached hydrogens (primary N) is 1. The summed E-state index contributed by atoms with van der Waals surface area (Å²) in [5.41, 5.74) is 6.64. The van der Waals surface area contributed by atoms with Crippen molar-refractivity contribution >= 4 is 23.1 Å².